The van der Waals surface area contributed by atoms with Crippen molar-refractivity contribution in [3.05, 3.63) is 75.3 Å². The van der Waals surface area contributed by atoms with Crippen molar-refractivity contribution in [1.82, 2.24) is 9.88 Å². The summed E-state index contributed by atoms with van der Waals surface area (Å²) in [4.78, 5) is 19.2. The number of hydrogen-bond acceptors (Lipinski definition) is 5. The Labute approximate surface area is 178 Å². The van der Waals surface area contributed by atoms with E-state index in [0.717, 1.165) is 37.3 Å². The molecule has 6 nitrogen and oxygen atoms in total. The van der Waals surface area contributed by atoms with Gasteiger partial charge in [-0.25, -0.2) is 9.78 Å². The number of aromatic nitrogens is 1. The molecule has 0 saturated heterocycles. The molecule has 2 heterocycles. The molecule has 1 aliphatic heterocycles. The summed E-state index contributed by atoms with van der Waals surface area (Å²) in [6.45, 7) is 3.06. The number of thiazole rings is 1. The Kier molecular flexibility index (Phi) is 6.10. The fourth-order valence-electron chi connectivity index (χ4n) is 3.41. The quantitative estimate of drug-likeness (QED) is 0.561. The molecule has 0 fully saturated rings. The van der Waals surface area contributed by atoms with Crippen molar-refractivity contribution in [2.45, 2.75) is 26.1 Å². The molecule has 0 unspecified atom stereocenters. The summed E-state index contributed by atoms with van der Waals surface area (Å²) in [5, 5.41) is 8.64. The fourth-order valence-corrected chi connectivity index (χ4v) is 4.36. The molecule has 2 aromatic carbocycles. The molecule has 1 aliphatic rings. The second-order valence-corrected chi connectivity index (χ2v) is 8.23. The maximum Gasteiger partial charge on any atom is 0.325 e. The molecule has 3 aromatic rings. The van der Waals surface area contributed by atoms with Crippen LogP contribution in [0.2, 0.25) is 5.02 Å². The van der Waals surface area contributed by atoms with Gasteiger partial charge in [-0.2, -0.15) is 0 Å². The molecule has 0 saturated carbocycles. The van der Waals surface area contributed by atoms with Gasteiger partial charge in [0.2, 0.25) is 0 Å². The zero-order valence-electron chi connectivity index (χ0n) is 15.8. The lowest BCUT2D eigenvalue weighted by molar-refractivity contribution is 0.243. The van der Waals surface area contributed by atoms with Gasteiger partial charge in [-0.1, -0.05) is 41.9 Å². The second-order valence-electron chi connectivity index (χ2n) is 6.96. The van der Waals surface area contributed by atoms with Crippen LogP contribution in [0.3, 0.4) is 0 Å². The largest absolute Gasteiger partial charge is 0.326 e. The van der Waals surface area contributed by atoms with Crippen LogP contribution < -0.4 is 16.4 Å². The summed E-state index contributed by atoms with van der Waals surface area (Å²) in [6, 6.07) is 13.5. The molecule has 0 spiro atoms. The van der Waals surface area contributed by atoms with Gasteiger partial charge in [-0.05, 0) is 35.2 Å². The highest BCUT2D eigenvalue weighted by Gasteiger charge is 2.17. The summed E-state index contributed by atoms with van der Waals surface area (Å²) in [5.74, 6) is 0. The number of fused-ring (bicyclic) bond motifs is 1. The minimum atomic E-state index is -0.352. The molecule has 8 heteroatoms. The lowest BCUT2D eigenvalue weighted by Crippen LogP contribution is -2.30. The van der Waals surface area contributed by atoms with E-state index in [2.05, 4.69) is 44.8 Å². The van der Waals surface area contributed by atoms with Gasteiger partial charge < -0.3 is 11.1 Å². The van der Waals surface area contributed by atoms with Crippen molar-refractivity contribution in [3.8, 4) is 0 Å². The van der Waals surface area contributed by atoms with Crippen LogP contribution in [-0.4, -0.2) is 22.5 Å². The molecular formula is C21H22ClN5OS. The molecule has 4 N–H and O–H groups in total. The first-order valence-corrected chi connectivity index (χ1v) is 10.7. The number of nitrogens with one attached hydrogen (secondary N) is 2. The first-order chi connectivity index (χ1) is 14.1. The molecule has 0 aliphatic carbocycles. The standard InChI is InChI=1S/C21H22ClN5OS/c22-19-9-17(6-5-15(19)10-23)24-20(28)26-21-25-18(13-29-21)12-27-8-7-14-3-1-2-4-16(14)11-27/h1-6,9,13H,7-8,10-12,23H2,(H2,24,25,26,28). The molecule has 0 atom stereocenters. The molecule has 29 heavy (non-hydrogen) atoms. The van der Waals surface area contributed by atoms with E-state index in [0.29, 0.717) is 22.4 Å². The Morgan fingerprint density at radius 3 is 2.83 bits per heavy atom. The van der Waals surface area contributed by atoms with Crippen molar-refractivity contribution in [3.63, 3.8) is 0 Å². The van der Waals surface area contributed by atoms with Crippen LogP contribution >= 0.6 is 22.9 Å². The average molecular weight is 428 g/mol. The second kappa shape index (κ2) is 8.92. The van der Waals surface area contributed by atoms with Crippen LogP contribution in [0.1, 0.15) is 22.4 Å². The lowest BCUT2D eigenvalue weighted by Gasteiger charge is -2.27. The van der Waals surface area contributed by atoms with Crippen molar-refractivity contribution >= 4 is 39.8 Å². The van der Waals surface area contributed by atoms with E-state index >= 15 is 0 Å². The van der Waals surface area contributed by atoms with Gasteiger partial charge in [0.25, 0.3) is 0 Å². The van der Waals surface area contributed by atoms with Gasteiger partial charge in [0, 0.05) is 42.3 Å². The Morgan fingerprint density at radius 1 is 1.21 bits per heavy atom. The number of nitrogens with zero attached hydrogens (tertiary/aromatic N) is 2. The van der Waals surface area contributed by atoms with Crippen LogP contribution in [0.15, 0.2) is 47.8 Å². The molecule has 4 rings (SSSR count). The van der Waals surface area contributed by atoms with E-state index in [1.807, 2.05) is 5.38 Å². The highest BCUT2D eigenvalue weighted by atomic mass is 35.5. The third-order valence-electron chi connectivity index (χ3n) is 4.90. The van der Waals surface area contributed by atoms with Gasteiger partial charge in [0.1, 0.15) is 0 Å². The number of benzene rings is 2. The lowest BCUT2D eigenvalue weighted by atomic mass is 10.00. The van der Waals surface area contributed by atoms with E-state index in [9.17, 15) is 4.79 Å². The van der Waals surface area contributed by atoms with Crippen molar-refractivity contribution < 1.29 is 4.79 Å². The average Bonchev–Trinajstić information content (AvgIpc) is 3.14. The highest BCUT2D eigenvalue weighted by molar-refractivity contribution is 7.13. The topological polar surface area (TPSA) is 83.3 Å². The number of hydrogen-bond donors (Lipinski definition) is 3. The highest BCUT2D eigenvalue weighted by Crippen LogP contribution is 2.23. The zero-order valence-corrected chi connectivity index (χ0v) is 17.4. The number of rotatable bonds is 5. The van der Waals surface area contributed by atoms with Crippen molar-refractivity contribution in [2.24, 2.45) is 5.73 Å². The normalized spacial score (nSPS) is 13.7. The maximum absolute atomic E-state index is 12.3. The van der Waals surface area contributed by atoms with Crippen LogP contribution in [0.5, 0.6) is 0 Å². The minimum absolute atomic E-state index is 0.352. The molecule has 2 amide bonds. The van der Waals surface area contributed by atoms with Gasteiger partial charge in [-0.15, -0.1) is 11.3 Å². The van der Waals surface area contributed by atoms with Gasteiger partial charge in [-0.3, -0.25) is 10.2 Å². The Morgan fingerprint density at radius 2 is 2.03 bits per heavy atom. The number of halogens is 1. The first-order valence-electron chi connectivity index (χ1n) is 9.41. The summed E-state index contributed by atoms with van der Waals surface area (Å²) < 4.78 is 0. The van der Waals surface area contributed by atoms with E-state index in [1.165, 1.54) is 22.5 Å². The van der Waals surface area contributed by atoms with Gasteiger partial charge in [0.15, 0.2) is 5.13 Å². The SMILES string of the molecule is NCc1ccc(NC(=O)Nc2nc(CN3CCc4ccccc4C3)cs2)cc1Cl. The van der Waals surface area contributed by atoms with Crippen LogP contribution in [0.25, 0.3) is 0 Å². The van der Waals surface area contributed by atoms with Gasteiger partial charge in [0.05, 0.1) is 5.69 Å². The summed E-state index contributed by atoms with van der Waals surface area (Å²) in [7, 11) is 0. The van der Waals surface area contributed by atoms with Gasteiger partial charge >= 0.3 is 6.03 Å². The van der Waals surface area contributed by atoms with E-state index < -0.39 is 0 Å². The number of carbonyl (C=O) groups excluding carboxylic acids is 1. The monoisotopic (exact) mass is 427 g/mol. The summed E-state index contributed by atoms with van der Waals surface area (Å²) in [5.41, 5.74) is 10.8. The maximum atomic E-state index is 12.3. The first kappa shape index (κ1) is 19.8. The van der Waals surface area contributed by atoms with Crippen LogP contribution in [0.4, 0.5) is 15.6 Å². The van der Waals surface area contributed by atoms with Crippen LogP contribution in [0, 0.1) is 0 Å². The number of anilines is 2. The molecule has 0 bridgehead atoms. The number of amides is 2. The number of nitrogens with two attached hydrogens (primary N) is 1. The molecule has 1 aromatic heterocycles. The predicted molar refractivity (Wildman–Crippen MR) is 118 cm³/mol. The van der Waals surface area contributed by atoms with Crippen LogP contribution in [-0.2, 0) is 26.1 Å². The van der Waals surface area contributed by atoms with Crippen molar-refractivity contribution in [2.75, 3.05) is 17.2 Å². The minimum Gasteiger partial charge on any atom is -0.326 e. The van der Waals surface area contributed by atoms with E-state index in [1.54, 1.807) is 18.2 Å². The number of carbonyl (C=O) groups is 1. The predicted octanol–water partition coefficient (Wildman–Crippen LogP) is 4.46. The third-order valence-corrected chi connectivity index (χ3v) is 6.06. The Bertz CT molecular complexity index is 1020. The molecular weight excluding hydrogens is 406 g/mol. The summed E-state index contributed by atoms with van der Waals surface area (Å²) in [6.07, 6.45) is 1.05. The van der Waals surface area contributed by atoms with E-state index in [-0.39, 0.29) is 6.03 Å². The molecule has 0 radical (unpaired) electrons. The van der Waals surface area contributed by atoms with E-state index in [4.69, 9.17) is 17.3 Å². The number of urea groups is 1. The van der Waals surface area contributed by atoms with Crippen molar-refractivity contribution in [1.29, 1.82) is 0 Å². The Balaban J connectivity index is 1.32. The molecule has 150 valence electrons. The fraction of sp³-hybridized carbons (Fsp3) is 0.238. The summed E-state index contributed by atoms with van der Waals surface area (Å²) >= 11 is 7.55. The zero-order chi connectivity index (χ0) is 20.2. The Hall–Kier alpha value is -2.45. The third kappa shape index (κ3) is 4.94. The smallest absolute Gasteiger partial charge is 0.325 e.